The number of nitrogens with one attached hydrogen (secondary N) is 1. The molecule has 30 heavy (non-hydrogen) atoms. The molecule has 0 fully saturated rings. The van der Waals surface area contributed by atoms with Crippen LogP contribution in [0.4, 0.5) is 0 Å². The summed E-state index contributed by atoms with van der Waals surface area (Å²) in [5.74, 6) is -1.17. The molecule has 0 atom stereocenters. The van der Waals surface area contributed by atoms with Crippen molar-refractivity contribution in [3.05, 3.63) is 35.4 Å². The quantitative estimate of drug-likeness (QED) is 0.362. The summed E-state index contributed by atoms with van der Waals surface area (Å²) in [7, 11) is 0. The number of benzene rings is 1. The highest BCUT2D eigenvalue weighted by Gasteiger charge is 2.34. The average Bonchev–Trinajstić information content (AvgIpc) is 2.69. The van der Waals surface area contributed by atoms with Crippen molar-refractivity contribution in [2.45, 2.75) is 84.6 Å². The number of hydrogen-bond donors (Lipinski definition) is 1. The number of amides is 1. The number of carbonyl (C=O) groups excluding carboxylic acids is 3. The Labute approximate surface area is 180 Å². The first-order valence-electron chi connectivity index (χ1n) is 10.9. The van der Waals surface area contributed by atoms with Crippen LogP contribution in [0.1, 0.15) is 77.3 Å². The molecular formula is C24H37NO5. The van der Waals surface area contributed by atoms with Gasteiger partial charge < -0.3 is 14.8 Å². The third-order valence-corrected chi connectivity index (χ3v) is 5.03. The molecule has 0 radical (unpaired) electrons. The summed E-state index contributed by atoms with van der Waals surface area (Å²) in [6.45, 7) is 6.14. The summed E-state index contributed by atoms with van der Waals surface area (Å²) in [6.07, 6.45) is 8.53. The molecule has 6 nitrogen and oxygen atoms in total. The van der Waals surface area contributed by atoms with E-state index in [4.69, 9.17) is 9.47 Å². The summed E-state index contributed by atoms with van der Waals surface area (Å²) in [5.41, 5.74) is 1.48. The number of aryl methyl sites for hydroxylation is 2. The van der Waals surface area contributed by atoms with E-state index in [0.29, 0.717) is 12.8 Å². The number of hydrogen-bond acceptors (Lipinski definition) is 5. The molecule has 1 aromatic carbocycles. The maximum atomic E-state index is 11.8. The van der Waals surface area contributed by atoms with Gasteiger partial charge in [0.05, 0.1) is 0 Å². The SMILES string of the molecule is CCCCCCCc1ccc(CCC(COC(C)=O)(COC(C)=O)NC(C)=O)cc1. The highest BCUT2D eigenvalue weighted by Crippen LogP contribution is 2.19. The molecule has 1 N–H and O–H groups in total. The minimum atomic E-state index is -0.957. The molecule has 0 saturated heterocycles. The molecule has 1 amide bonds. The van der Waals surface area contributed by atoms with Crippen molar-refractivity contribution in [1.29, 1.82) is 0 Å². The van der Waals surface area contributed by atoms with Crippen LogP contribution >= 0.6 is 0 Å². The number of rotatable bonds is 14. The van der Waals surface area contributed by atoms with E-state index in [1.54, 1.807) is 0 Å². The molecule has 168 valence electrons. The van der Waals surface area contributed by atoms with E-state index < -0.39 is 17.5 Å². The largest absolute Gasteiger partial charge is 0.463 e. The van der Waals surface area contributed by atoms with Crippen molar-refractivity contribution in [1.82, 2.24) is 5.32 Å². The molecule has 0 heterocycles. The van der Waals surface area contributed by atoms with E-state index in [1.165, 1.54) is 58.4 Å². The van der Waals surface area contributed by atoms with Gasteiger partial charge >= 0.3 is 11.9 Å². The molecular weight excluding hydrogens is 382 g/mol. The van der Waals surface area contributed by atoms with Crippen LogP contribution in [-0.2, 0) is 36.7 Å². The van der Waals surface area contributed by atoms with E-state index in [9.17, 15) is 14.4 Å². The Balaban J connectivity index is 2.74. The maximum Gasteiger partial charge on any atom is 0.302 e. The summed E-state index contributed by atoms with van der Waals surface area (Å²) in [5, 5.41) is 2.84. The molecule has 6 heteroatoms. The lowest BCUT2D eigenvalue weighted by molar-refractivity contribution is -0.150. The number of ether oxygens (including phenoxy) is 2. The fourth-order valence-electron chi connectivity index (χ4n) is 3.36. The molecule has 1 rings (SSSR count). The number of esters is 2. The Morgan fingerprint density at radius 2 is 1.30 bits per heavy atom. The highest BCUT2D eigenvalue weighted by atomic mass is 16.5. The fourth-order valence-corrected chi connectivity index (χ4v) is 3.36. The maximum absolute atomic E-state index is 11.8. The van der Waals surface area contributed by atoms with E-state index in [-0.39, 0.29) is 19.1 Å². The third kappa shape index (κ3) is 11.0. The van der Waals surface area contributed by atoms with Gasteiger partial charge in [-0.3, -0.25) is 14.4 Å². The van der Waals surface area contributed by atoms with Gasteiger partial charge in [0.2, 0.25) is 5.91 Å². The van der Waals surface area contributed by atoms with E-state index in [0.717, 1.165) is 12.0 Å². The molecule has 0 unspecified atom stereocenters. The molecule has 0 spiro atoms. The molecule has 0 saturated carbocycles. The zero-order chi connectivity index (χ0) is 22.4. The van der Waals surface area contributed by atoms with E-state index >= 15 is 0 Å². The van der Waals surface area contributed by atoms with Crippen LogP contribution in [0.3, 0.4) is 0 Å². The van der Waals surface area contributed by atoms with Gasteiger partial charge in [-0.15, -0.1) is 0 Å². The van der Waals surface area contributed by atoms with Crippen LogP contribution in [0.5, 0.6) is 0 Å². The smallest absolute Gasteiger partial charge is 0.302 e. The van der Waals surface area contributed by atoms with Gasteiger partial charge in [-0.1, -0.05) is 56.9 Å². The Morgan fingerprint density at radius 3 is 1.77 bits per heavy atom. The van der Waals surface area contributed by atoms with Gasteiger partial charge in [0, 0.05) is 20.8 Å². The zero-order valence-electron chi connectivity index (χ0n) is 18.9. The predicted octanol–water partition coefficient (Wildman–Crippen LogP) is 4.13. The second-order valence-electron chi connectivity index (χ2n) is 8.00. The van der Waals surface area contributed by atoms with Crippen molar-refractivity contribution in [2.75, 3.05) is 13.2 Å². The zero-order valence-corrected chi connectivity index (χ0v) is 18.9. The van der Waals surface area contributed by atoms with Crippen molar-refractivity contribution in [2.24, 2.45) is 0 Å². The molecule has 0 aliphatic heterocycles. The standard InChI is InChI=1S/C24H37NO5/c1-5-6-7-8-9-10-22-11-13-23(14-12-22)15-16-24(25-19(2)26,17-29-20(3)27)18-30-21(4)28/h11-14H,5-10,15-18H2,1-4H3,(H,25,26). The summed E-state index contributed by atoms with van der Waals surface area (Å²) in [6, 6.07) is 8.48. The third-order valence-electron chi connectivity index (χ3n) is 5.03. The second-order valence-corrected chi connectivity index (χ2v) is 8.00. The normalized spacial score (nSPS) is 11.1. The van der Waals surface area contributed by atoms with Gasteiger partial charge in [-0.25, -0.2) is 0 Å². The summed E-state index contributed by atoms with van der Waals surface area (Å²) in [4.78, 5) is 34.4. The van der Waals surface area contributed by atoms with Crippen molar-refractivity contribution in [3.8, 4) is 0 Å². The van der Waals surface area contributed by atoms with Gasteiger partial charge in [0.25, 0.3) is 0 Å². The van der Waals surface area contributed by atoms with Crippen molar-refractivity contribution < 1.29 is 23.9 Å². The first kappa shape index (κ1) is 25.7. The number of unbranched alkanes of at least 4 members (excludes halogenated alkanes) is 4. The average molecular weight is 420 g/mol. The number of carbonyl (C=O) groups is 3. The minimum Gasteiger partial charge on any atom is -0.463 e. The summed E-state index contributed by atoms with van der Waals surface area (Å²) >= 11 is 0. The van der Waals surface area contributed by atoms with Crippen LogP contribution in [-0.4, -0.2) is 36.6 Å². The lowest BCUT2D eigenvalue weighted by Gasteiger charge is -2.33. The van der Waals surface area contributed by atoms with E-state index in [1.807, 2.05) is 0 Å². The molecule has 0 aromatic heterocycles. The Kier molecular flexibility index (Phi) is 11.8. The van der Waals surface area contributed by atoms with Crippen molar-refractivity contribution in [3.63, 3.8) is 0 Å². The van der Waals surface area contributed by atoms with Gasteiger partial charge in [-0.05, 0) is 36.8 Å². The molecule has 0 bridgehead atoms. The minimum absolute atomic E-state index is 0.0506. The van der Waals surface area contributed by atoms with Gasteiger partial charge in [0.1, 0.15) is 18.8 Å². The predicted molar refractivity (Wildman–Crippen MR) is 117 cm³/mol. The second kappa shape index (κ2) is 13.8. The molecule has 0 aliphatic carbocycles. The van der Waals surface area contributed by atoms with Gasteiger partial charge in [-0.2, -0.15) is 0 Å². The highest BCUT2D eigenvalue weighted by molar-refractivity contribution is 5.74. The van der Waals surface area contributed by atoms with Crippen molar-refractivity contribution >= 4 is 17.8 Å². The van der Waals surface area contributed by atoms with Gasteiger partial charge in [0.15, 0.2) is 0 Å². The van der Waals surface area contributed by atoms with Crippen LogP contribution in [0, 0.1) is 0 Å². The first-order chi connectivity index (χ1) is 14.3. The monoisotopic (exact) mass is 419 g/mol. The topological polar surface area (TPSA) is 81.7 Å². The van der Waals surface area contributed by atoms with E-state index in [2.05, 4.69) is 36.5 Å². The van der Waals surface area contributed by atoms with Crippen LogP contribution in [0.15, 0.2) is 24.3 Å². The van der Waals surface area contributed by atoms with Crippen LogP contribution < -0.4 is 5.32 Å². The Hall–Kier alpha value is -2.37. The Bertz CT molecular complexity index is 651. The lowest BCUT2D eigenvalue weighted by atomic mass is 9.91. The fraction of sp³-hybridized carbons (Fsp3) is 0.625. The lowest BCUT2D eigenvalue weighted by Crippen LogP contribution is -2.55. The Morgan fingerprint density at radius 1 is 0.800 bits per heavy atom. The van der Waals surface area contributed by atoms with Crippen LogP contribution in [0.2, 0.25) is 0 Å². The van der Waals surface area contributed by atoms with Crippen LogP contribution in [0.25, 0.3) is 0 Å². The molecule has 1 aromatic rings. The molecule has 0 aliphatic rings. The first-order valence-corrected chi connectivity index (χ1v) is 10.9. The summed E-state index contributed by atoms with van der Waals surface area (Å²) < 4.78 is 10.4.